The van der Waals surface area contributed by atoms with Gasteiger partial charge in [-0.05, 0) is 65.9 Å². The number of imidazole rings is 1. The number of rotatable bonds is 7. The van der Waals surface area contributed by atoms with Crippen molar-refractivity contribution in [2.24, 2.45) is 5.92 Å². The van der Waals surface area contributed by atoms with E-state index in [0.29, 0.717) is 13.0 Å². The minimum Gasteiger partial charge on any atom is -0.497 e. The topological polar surface area (TPSA) is 47.4 Å². The Morgan fingerprint density at radius 1 is 1.03 bits per heavy atom. The maximum absolute atomic E-state index is 13.2. The number of carbonyl (C=O) groups excluding carboxylic acids is 1. The van der Waals surface area contributed by atoms with E-state index in [-0.39, 0.29) is 11.8 Å². The van der Waals surface area contributed by atoms with Crippen LogP contribution in [0.1, 0.15) is 24.1 Å². The van der Waals surface area contributed by atoms with Crippen LogP contribution in [0, 0.1) is 5.92 Å². The molecule has 178 valence electrons. The Morgan fingerprint density at radius 3 is 2.60 bits per heavy atom. The molecule has 1 saturated heterocycles. The number of aromatic nitrogens is 2. The number of hydrogen-bond acceptors (Lipinski definition) is 3. The average molecular weight is 486 g/mol. The molecular formula is C29H28ClN3O2. The van der Waals surface area contributed by atoms with Crippen LogP contribution >= 0.6 is 11.6 Å². The summed E-state index contributed by atoms with van der Waals surface area (Å²) in [6.45, 7) is 1.43. The van der Waals surface area contributed by atoms with E-state index in [9.17, 15) is 4.79 Å². The fraction of sp³-hybridized carbons (Fsp3) is 0.241. The normalized spacial score (nSPS) is 15.9. The van der Waals surface area contributed by atoms with Gasteiger partial charge in [-0.2, -0.15) is 0 Å². The van der Waals surface area contributed by atoms with Crippen molar-refractivity contribution in [3.63, 3.8) is 0 Å². The molecule has 0 spiro atoms. The third kappa shape index (κ3) is 5.41. The third-order valence-corrected chi connectivity index (χ3v) is 6.84. The lowest BCUT2D eigenvalue weighted by atomic mass is 9.92. The third-order valence-electron chi connectivity index (χ3n) is 6.59. The van der Waals surface area contributed by atoms with Crippen LogP contribution in [0.3, 0.4) is 0 Å². The van der Waals surface area contributed by atoms with Crippen molar-refractivity contribution in [3.8, 4) is 22.6 Å². The molecule has 1 aromatic heterocycles. The van der Waals surface area contributed by atoms with E-state index in [0.717, 1.165) is 58.2 Å². The zero-order valence-corrected chi connectivity index (χ0v) is 20.5. The average Bonchev–Trinajstić information content (AvgIpc) is 3.36. The van der Waals surface area contributed by atoms with Crippen LogP contribution in [-0.4, -0.2) is 34.0 Å². The summed E-state index contributed by atoms with van der Waals surface area (Å²) >= 11 is 6.04. The summed E-state index contributed by atoms with van der Waals surface area (Å²) in [5.41, 5.74) is 5.32. The standard InChI is InChI=1S/C29H28ClN3O2/c1-35-28-13-7-21(8-14-28)18-32-15-3-5-24(29(32)34)16-26-19-33(20-31-26)27-6-2-4-23(17-27)22-9-11-25(30)12-10-22/h2,4,6-14,17,19-20,24H,3,5,15-16,18H2,1H3. The number of carbonyl (C=O) groups is 1. The Labute approximate surface area is 210 Å². The molecule has 1 atom stereocenters. The van der Waals surface area contributed by atoms with Crippen LogP contribution in [0.25, 0.3) is 16.8 Å². The second-order valence-electron chi connectivity index (χ2n) is 8.98. The van der Waals surface area contributed by atoms with Gasteiger partial charge in [-0.25, -0.2) is 4.98 Å². The van der Waals surface area contributed by atoms with E-state index in [2.05, 4.69) is 23.2 Å². The zero-order chi connectivity index (χ0) is 24.2. The molecular weight excluding hydrogens is 458 g/mol. The van der Waals surface area contributed by atoms with E-state index in [1.54, 1.807) is 7.11 Å². The van der Waals surface area contributed by atoms with Gasteiger partial charge in [-0.3, -0.25) is 4.79 Å². The minimum absolute atomic E-state index is 0.0363. The molecule has 5 nitrogen and oxygen atoms in total. The van der Waals surface area contributed by atoms with E-state index < -0.39 is 0 Å². The molecule has 0 aliphatic carbocycles. The van der Waals surface area contributed by atoms with Gasteiger partial charge >= 0.3 is 0 Å². The Kier molecular flexibility index (Phi) is 6.87. The van der Waals surface area contributed by atoms with Gasteiger partial charge in [0.1, 0.15) is 5.75 Å². The Morgan fingerprint density at radius 2 is 1.83 bits per heavy atom. The predicted molar refractivity (Wildman–Crippen MR) is 139 cm³/mol. The first-order valence-corrected chi connectivity index (χ1v) is 12.3. The number of halogens is 1. The summed E-state index contributed by atoms with van der Waals surface area (Å²) in [6.07, 6.45) is 6.44. The van der Waals surface area contributed by atoms with E-state index in [1.807, 2.05) is 76.6 Å². The van der Waals surface area contributed by atoms with Crippen LogP contribution in [0.2, 0.25) is 5.02 Å². The van der Waals surface area contributed by atoms with Gasteiger partial charge < -0.3 is 14.2 Å². The molecule has 0 bridgehead atoms. The quantitative estimate of drug-likeness (QED) is 0.314. The molecule has 35 heavy (non-hydrogen) atoms. The summed E-state index contributed by atoms with van der Waals surface area (Å²) in [5.74, 6) is 1.00. The molecule has 1 aliphatic heterocycles. The van der Waals surface area contributed by atoms with Crippen LogP contribution in [0.15, 0.2) is 85.3 Å². The second kappa shape index (κ2) is 10.4. The molecule has 0 radical (unpaired) electrons. The summed E-state index contributed by atoms with van der Waals surface area (Å²) in [7, 11) is 1.66. The highest BCUT2D eigenvalue weighted by Crippen LogP contribution is 2.26. The summed E-state index contributed by atoms with van der Waals surface area (Å²) in [6, 6.07) is 24.1. The lowest BCUT2D eigenvalue weighted by Gasteiger charge is -2.32. The van der Waals surface area contributed by atoms with Crippen molar-refractivity contribution in [3.05, 3.63) is 102 Å². The van der Waals surface area contributed by atoms with E-state index in [4.69, 9.17) is 16.3 Å². The molecule has 1 fully saturated rings. The highest BCUT2D eigenvalue weighted by Gasteiger charge is 2.29. The highest BCUT2D eigenvalue weighted by molar-refractivity contribution is 6.30. The number of amides is 1. The molecule has 2 heterocycles. The van der Waals surface area contributed by atoms with E-state index >= 15 is 0 Å². The Balaban J connectivity index is 1.26. The molecule has 0 saturated carbocycles. The molecule has 6 heteroatoms. The molecule has 4 aromatic rings. The number of likely N-dealkylation sites (tertiary alicyclic amines) is 1. The fourth-order valence-electron chi connectivity index (χ4n) is 4.67. The first-order chi connectivity index (χ1) is 17.1. The lowest BCUT2D eigenvalue weighted by molar-refractivity contribution is -0.139. The number of nitrogens with zero attached hydrogens (tertiary/aromatic N) is 3. The van der Waals surface area contributed by atoms with Crippen LogP contribution < -0.4 is 4.74 Å². The molecule has 1 unspecified atom stereocenters. The molecule has 3 aromatic carbocycles. The van der Waals surface area contributed by atoms with Crippen molar-refractivity contribution in [2.75, 3.05) is 13.7 Å². The molecule has 5 rings (SSSR count). The zero-order valence-electron chi connectivity index (χ0n) is 19.7. The van der Waals surface area contributed by atoms with E-state index in [1.165, 1.54) is 0 Å². The monoisotopic (exact) mass is 485 g/mol. The number of ether oxygens (including phenoxy) is 1. The molecule has 1 amide bonds. The number of methoxy groups -OCH3 is 1. The molecule has 0 N–H and O–H groups in total. The maximum atomic E-state index is 13.2. The summed E-state index contributed by atoms with van der Waals surface area (Å²) in [5, 5.41) is 0.726. The largest absolute Gasteiger partial charge is 0.497 e. The first-order valence-electron chi connectivity index (χ1n) is 11.9. The number of hydrogen-bond donors (Lipinski definition) is 0. The number of piperidine rings is 1. The van der Waals surface area contributed by atoms with Crippen molar-refractivity contribution in [1.82, 2.24) is 14.5 Å². The highest BCUT2D eigenvalue weighted by atomic mass is 35.5. The second-order valence-corrected chi connectivity index (χ2v) is 9.42. The molecule has 1 aliphatic rings. The maximum Gasteiger partial charge on any atom is 0.226 e. The number of benzene rings is 3. The first kappa shape index (κ1) is 23.2. The fourth-order valence-corrected chi connectivity index (χ4v) is 4.80. The van der Waals surface area contributed by atoms with Crippen molar-refractivity contribution < 1.29 is 9.53 Å². The van der Waals surface area contributed by atoms with Gasteiger partial charge in [0.25, 0.3) is 0 Å². The van der Waals surface area contributed by atoms with Gasteiger partial charge in [0.2, 0.25) is 5.91 Å². The Bertz CT molecular complexity index is 1300. The van der Waals surface area contributed by atoms with Crippen LogP contribution in [0.5, 0.6) is 5.75 Å². The van der Waals surface area contributed by atoms with Gasteiger partial charge in [0.15, 0.2) is 0 Å². The van der Waals surface area contributed by atoms with Gasteiger partial charge in [-0.15, -0.1) is 0 Å². The Hall–Kier alpha value is -3.57. The van der Waals surface area contributed by atoms with Crippen molar-refractivity contribution >= 4 is 17.5 Å². The predicted octanol–water partition coefficient (Wildman–Crippen LogP) is 6.18. The smallest absolute Gasteiger partial charge is 0.226 e. The summed E-state index contributed by atoms with van der Waals surface area (Å²) in [4.78, 5) is 19.8. The van der Waals surface area contributed by atoms with Gasteiger partial charge in [-0.1, -0.05) is 48.0 Å². The minimum atomic E-state index is -0.0363. The lowest BCUT2D eigenvalue weighted by Crippen LogP contribution is -2.41. The van der Waals surface area contributed by atoms with Crippen molar-refractivity contribution in [2.45, 2.75) is 25.8 Å². The summed E-state index contributed by atoms with van der Waals surface area (Å²) < 4.78 is 7.26. The van der Waals surface area contributed by atoms with Crippen LogP contribution in [0.4, 0.5) is 0 Å². The van der Waals surface area contributed by atoms with Gasteiger partial charge in [0, 0.05) is 42.3 Å². The van der Waals surface area contributed by atoms with Gasteiger partial charge in [0.05, 0.1) is 19.1 Å². The SMILES string of the molecule is COc1ccc(CN2CCCC(Cc3cn(-c4cccc(-c5ccc(Cl)cc5)c4)cn3)C2=O)cc1. The van der Waals surface area contributed by atoms with Crippen molar-refractivity contribution in [1.29, 1.82) is 0 Å². The van der Waals surface area contributed by atoms with Crippen LogP contribution in [-0.2, 0) is 17.8 Å².